The van der Waals surface area contributed by atoms with Gasteiger partial charge in [-0.15, -0.1) is 0 Å². The summed E-state index contributed by atoms with van der Waals surface area (Å²) in [5.41, 5.74) is 8.34. The number of methoxy groups -OCH3 is 1. The van der Waals surface area contributed by atoms with Crippen LogP contribution in [0.4, 0.5) is 5.69 Å². The van der Waals surface area contributed by atoms with Gasteiger partial charge in [0.2, 0.25) is 0 Å². The first-order valence-electron chi connectivity index (χ1n) is 5.18. The van der Waals surface area contributed by atoms with Gasteiger partial charge in [0.1, 0.15) is 5.75 Å². The van der Waals surface area contributed by atoms with Crippen LogP contribution in [0, 0.1) is 6.92 Å². The smallest absolute Gasteiger partial charge is 0.307 e. The van der Waals surface area contributed by atoms with Crippen LogP contribution in [0.25, 0.3) is 0 Å². The predicted molar refractivity (Wildman–Crippen MR) is 69.8 cm³/mol. The third kappa shape index (κ3) is 2.50. The molecule has 0 amide bonds. The molecule has 0 aliphatic rings. The molecule has 4 nitrogen and oxygen atoms in total. The van der Waals surface area contributed by atoms with Gasteiger partial charge in [-0.25, -0.2) is 0 Å². The highest BCUT2D eigenvalue weighted by Crippen LogP contribution is 2.19. The minimum Gasteiger partial charge on any atom is -0.497 e. The highest BCUT2D eigenvalue weighted by molar-refractivity contribution is 7.07. The number of ether oxygens (including phenoxy) is 1. The molecule has 0 radical (unpaired) electrons. The molecule has 17 heavy (non-hydrogen) atoms. The molecule has 2 rings (SSSR count). The summed E-state index contributed by atoms with van der Waals surface area (Å²) in [5, 5.41) is 1.85. The number of anilines is 1. The molecule has 2 N–H and O–H groups in total. The van der Waals surface area contributed by atoms with Gasteiger partial charge in [0.25, 0.3) is 0 Å². The van der Waals surface area contributed by atoms with Gasteiger partial charge < -0.3 is 10.5 Å². The quantitative estimate of drug-likeness (QED) is 0.846. The van der Waals surface area contributed by atoms with E-state index in [2.05, 4.69) is 0 Å². The minimum absolute atomic E-state index is 0.0453. The number of hydrogen-bond acceptors (Lipinski definition) is 4. The Hall–Kier alpha value is -1.75. The van der Waals surface area contributed by atoms with Crippen LogP contribution >= 0.6 is 11.3 Å². The molecule has 90 valence electrons. The van der Waals surface area contributed by atoms with Crippen LogP contribution < -0.4 is 15.3 Å². The molecule has 0 aliphatic carbocycles. The Bertz CT molecular complexity index is 586. The van der Waals surface area contributed by atoms with Crippen molar-refractivity contribution in [1.29, 1.82) is 0 Å². The van der Waals surface area contributed by atoms with Gasteiger partial charge in [0, 0.05) is 22.8 Å². The van der Waals surface area contributed by atoms with Crippen molar-refractivity contribution < 1.29 is 4.74 Å². The van der Waals surface area contributed by atoms with E-state index in [9.17, 15) is 4.79 Å². The second-order valence-corrected chi connectivity index (χ2v) is 4.66. The van der Waals surface area contributed by atoms with Gasteiger partial charge in [-0.05, 0) is 24.6 Å². The monoisotopic (exact) mass is 250 g/mol. The molecule has 1 heterocycles. The lowest BCUT2D eigenvalue weighted by Gasteiger charge is -2.08. The van der Waals surface area contributed by atoms with Crippen LogP contribution in [0.1, 0.15) is 11.3 Å². The Morgan fingerprint density at radius 2 is 2.18 bits per heavy atom. The number of aryl methyl sites for hydroxylation is 1. The maximum absolute atomic E-state index is 11.6. The number of rotatable bonds is 3. The number of hydrogen-bond donors (Lipinski definition) is 1. The topological polar surface area (TPSA) is 57.2 Å². The molecule has 0 spiro atoms. The van der Waals surface area contributed by atoms with Gasteiger partial charge in [0.05, 0.1) is 13.7 Å². The van der Waals surface area contributed by atoms with E-state index in [1.54, 1.807) is 17.7 Å². The van der Waals surface area contributed by atoms with Crippen molar-refractivity contribution in [2.75, 3.05) is 12.8 Å². The molecule has 0 saturated carbocycles. The van der Waals surface area contributed by atoms with Crippen LogP contribution in [0.15, 0.2) is 28.4 Å². The zero-order valence-corrected chi connectivity index (χ0v) is 10.6. The average molecular weight is 250 g/mol. The van der Waals surface area contributed by atoms with Crippen molar-refractivity contribution in [3.05, 3.63) is 44.5 Å². The molecular formula is C12H14N2O2S. The van der Waals surface area contributed by atoms with Crippen LogP contribution in [-0.2, 0) is 6.54 Å². The summed E-state index contributed by atoms with van der Waals surface area (Å²) in [4.78, 5) is 11.6. The lowest BCUT2D eigenvalue weighted by Crippen LogP contribution is -2.15. The van der Waals surface area contributed by atoms with Crippen LogP contribution in [0.5, 0.6) is 5.75 Å². The first-order chi connectivity index (χ1) is 8.10. The summed E-state index contributed by atoms with van der Waals surface area (Å²) in [6.45, 7) is 2.44. The molecule has 0 aliphatic heterocycles. The van der Waals surface area contributed by atoms with Crippen LogP contribution in [-0.4, -0.2) is 11.7 Å². The molecule has 0 unspecified atom stereocenters. The first-order valence-corrected chi connectivity index (χ1v) is 6.06. The summed E-state index contributed by atoms with van der Waals surface area (Å²) in [6.07, 6.45) is 0. The third-order valence-corrected chi connectivity index (χ3v) is 3.42. The van der Waals surface area contributed by atoms with Gasteiger partial charge in [-0.1, -0.05) is 11.3 Å². The maximum Gasteiger partial charge on any atom is 0.307 e. The zero-order valence-electron chi connectivity index (χ0n) is 9.77. The van der Waals surface area contributed by atoms with E-state index in [4.69, 9.17) is 10.5 Å². The standard InChI is InChI=1S/C12H14N2O2S/c1-8-7-17-12(15)14(8)6-9-3-10(13)5-11(4-9)16-2/h3-5,7H,6,13H2,1-2H3. The fourth-order valence-corrected chi connectivity index (χ4v) is 2.41. The number of nitrogens with two attached hydrogens (primary N) is 1. The number of thiazole rings is 1. The van der Waals surface area contributed by atoms with E-state index in [0.29, 0.717) is 18.0 Å². The Balaban J connectivity index is 2.36. The Kier molecular flexibility index (Phi) is 3.19. The molecule has 1 aromatic carbocycles. The maximum atomic E-state index is 11.6. The fraction of sp³-hybridized carbons (Fsp3) is 0.250. The van der Waals surface area contributed by atoms with Gasteiger partial charge >= 0.3 is 4.87 Å². The largest absolute Gasteiger partial charge is 0.497 e. The van der Waals surface area contributed by atoms with Crippen molar-refractivity contribution in [2.45, 2.75) is 13.5 Å². The second-order valence-electron chi connectivity index (χ2n) is 3.84. The molecule has 0 fully saturated rings. The van der Waals surface area contributed by atoms with Crippen LogP contribution in [0.2, 0.25) is 0 Å². The van der Waals surface area contributed by atoms with Crippen molar-refractivity contribution in [3.63, 3.8) is 0 Å². The van der Waals surface area contributed by atoms with E-state index >= 15 is 0 Å². The van der Waals surface area contributed by atoms with E-state index < -0.39 is 0 Å². The molecule has 0 saturated heterocycles. The van der Waals surface area contributed by atoms with E-state index in [-0.39, 0.29) is 4.87 Å². The Labute approximate surface area is 103 Å². The number of aromatic nitrogens is 1. The molecule has 0 atom stereocenters. The lowest BCUT2D eigenvalue weighted by atomic mass is 10.2. The minimum atomic E-state index is 0.0453. The molecule has 5 heteroatoms. The average Bonchev–Trinajstić information content (AvgIpc) is 2.60. The molecule has 0 bridgehead atoms. The number of benzene rings is 1. The van der Waals surface area contributed by atoms with Crippen LogP contribution in [0.3, 0.4) is 0 Å². The van der Waals surface area contributed by atoms with Crippen molar-refractivity contribution in [1.82, 2.24) is 4.57 Å². The molecular weight excluding hydrogens is 236 g/mol. The summed E-state index contributed by atoms with van der Waals surface area (Å²) in [5.74, 6) is 0.709. The summed E-state index contributed by atoms with van der Waals surface area (Å²) in [6, 6.07) is 5.50. The van der Waals surface area contributed by atoms with E-state index in [0.717, 1.165) is 11.3 Å². The van der Waals surface area contributed by atoms with Crippen molar-refractivity contribution >= 4 is 17.0 Å². The lowest BCUT2D eigenvalue weighted by molar-refractivity contribution is 0.414. The Morgan fingerprint density at radius 3 is 2.76 bits per heavy atom. The number of nitrogen functional groups attached to an aromatic ring is 1. The fourth-order valence-electron chi connectivity index (χ4n) is 1.67. The summed E-state index contributed by atoms with van der Waals surface area (Å²) >= 11 is 1.21. The highest BCUT2D eigenvalue weighted by atomic mass is 32.1. The third-order valence-electron chi connectivity index (χ3n) is 2.54. The summed E-state index contributed by atoms with van der Waals surface area (Å²) < 4.78 is 6.87. The molecule has 2 aromatic rings. The number of nitrogens with zero attached hydrogens (tertiary/aromatic N) is 1. The van der Waals surface area contributed by atoms with Crippen molar-refractivity contribution in [3.8, 4) is 5.75 Å². The predicted octanol–water partition coefficient (Wildman–Crippen LogP) is 1.86. The zero-order chi connectivity index (χ0) is 12.4. The normalized spacial score (nSPS) is 10.5. The van der Waals surface area contributed by atoms with Gasteiger partial charge in [-0.2, -0.15) is 0 Å². The second kappa shape index (κ2) is 4.63. The Morgan fingerprint density at radius 1 is 1.41 bits per heavy atom. The van der Waals surface area contributed by atoms with E-state index in [1.807, 2.05) is 24.4 Å². The van der Waals surface area contributed by atoms with Gasteiger partial charge in [0.15, 0.2) is 0 Å². The van der Waals surface area contributed by atoms with E-state index in [1.165, 1.54) is 11.3 Å². The molecule has 1 aromatic heterocycles. The highest BCUT2D eigenvalue weighted by Gasteiger charge is 2.05. The first kappa shape index (κ1) is 11.7. The van der Waals surface area contributed by atoms with Crippen molar-refractivity contribution in [2.24, 2.45) is 0 Å². The SMILES string of the molecule is COc1cc(N)cc(Cn2c(C)csc2=O)c1. The van der Waals surface area contributed by atoms with Gasteiger partial charge in [-0.3, -0.25) is 9.36 Å². The summed E-state index contributed by atoms with van der Waals surface area (Å²) in [7, 11) is 1.60.